The van der Waals surface area contributed by atoms with E-state index in [1.54, 1.807) is 0 Å². The van der Waals surface area contributed by atoms with Gasteiger partial charge >= 0.3 is 5.97 Å². The van der Waals surface area contributed by atoms with Crippen molar-refractivity contribution in [3.05, 3.63) is 66.2 Å². The Kier molecular flexibility index (Phi) is 9.19. The molecule has 194 valence electrons. The highest BCUT2D eigenvalue weighted by atomic mass is 16.5. The molecule has 0 aliphatic heterocycles. The zero-order chi connectivity index (χ0) is 25.3. The Balaban J connectivity index is 1.04. The Hall–Kier alpha value is -2.66. The molecule has 0 saturated heterocycles. The molecule has 2 aromatic carbocycles. The highest BCUT2D eigenvalue weighted by Crippen LogP contribution is 2.52. The average molecular weight is 493 g/mol. The number of aliphatic hydroxyl groups excluding tert-OH is 1. The molecule has 5 heteroatoms. The van der Waals surface area contributed by atoms with E-state index in [1.807, 2.05) is 60.7 Å². The van der Waals surface area contributed by atoms with Gasteiger partial charge in [0.05, 0.1) is 11.5 Å². The fourth-order valence-corrected chi connectivity index (χ4v) is 5.05. The van der Waals surface area contributed by atoms with E-state index >= 15 is 0 Å². The second kappa shape index (κ2) is 12.5. The molecule has 36 heavy (non-hydrogen) atoms. The number of carbonyl (C=O) groups is 2. The molecule has 0 radical (unpaired) electrons. The quantitative estimate of drug-likeness (QED) is 0.204. The maximum atomic E-state index is 12.6. The summed E-state index contributed by atoms with van der Waals surface area (Å²) in [5, 5.41) is 10.4. The summed E-state index contributed by atoms with van der Waals surface area (Å²) in [6, 6.07) is 19.3. The summed E-state index contributed by atoms with van der Waals surface area (Å²) < 4.78 is 11.2. The van der Waals surface area contributed by atoms with Crippen LogP contribution < -0.4 is 4.74 Å². The van der Waals surface area contributed by atoms with Gasteiger partial charge in [-0.2, -0.15) is 0 Å². The molecule has 1 unspecified atom stereocenters. The molecule has 4 rings (SSSR count). The van der Waals surface area contributed by atoms with Crippen molar-refractivity contribution < 1.29 is 24.2 Å². The first-order chi connectivity index (χ1) is 17.5. The third kappa shape index (κ3) is 7.67. The van der Waals surface area contributed by atoms with Gasteiger partial charge in [-0.25, -0.2) is 0 Å². The van der Waals surface area contributed by atoms with Gasteiger partial charge in [0.1, 0.15) is 19.0 Å². The number of ether oxygens (including phenoxy) is 2. The molecule has 2 saturated carbocycles. The maximum Gasteiger partial charge on any atom is 0.312 e. The third-order valence-corrected chi connectivity index (χ3v) is 7.94. The molecule has 0 spiro atoms. The van der Waals surface area contributed by atoms with E-state index in [0.29, 0.717) is 6.61 Å². The summed E-state index contributed by atoms with van der Waals surface area (Å²) in [5.74, 6) is 0.884. The van der Waals surface area contributed by atoms with E-state index in [-0.39, 0.29) is 35.3 Å². The van der Waals surface area contributed by atoms with Crippen molar-refractivity contribution in [2.75, 3.05) is 6.61 Å². The Labute approximate surface area is 215 Å². The monoisotopic (exact) mass is 492 g/mol. The molecule has 5 nitrogen and oxygen atoms in total. The number of rotatable bonds is 17. The van der Waals surface area contributed by atoms with Gasteiger partial charge in [0.25, 0.3) is 0 Å². The van der Waals surface area contributed by atoms with Crippen LogP contribution in [-0.2, 0) is 20.9 Å². The zero-order valence-electron chi connectivity index (χ0n) is 21.3. The van der Waals surface area contributed by atoms with Gasteiger partial charge in [-0.1, -0.05) is 74.2 Å². The van der Waals surface area contributed by atoms with Gasteiger partial charge in [0.15, 0.2) is 5.78 Å². The van der Waals surface area contributed by atoms with Crippen LogP contribution in [0.25, 0.3) is 0 Å². The number of ketones is 1. The van der Waals surface area contributed by atoms with Crippen molar-refractivity contribution >= 4 is 11.8 Å². The van der Waals surface area contributed by atoms with Gasteiger partial charge in [0, 0.05) is 5.41 Å². The van der Waals surface area contributed by atoms with Crippen LogP contribution in [0.15, 0.2) is 60.7 Å². The van der Waals surface area contributed by atoms with Gasteiger partial charge in [-0.05, 0) is 69.1 Å². The molecule has 0 bridgehead atoms. The summed E-state index contributed by atoms with van der Waals surface area (Å²) in [5.41, 5.74) is 0.546. The SMILES string of the molecule is O=C(COc1ccccc1)C1(CCCCC(O)CCCCC2(C(=O)OCc3ccccc3)CC2)CC1. The predicted molar refractivity (Wildman–Crippen MR) is 139 cm³/mol. The first kappa shape index (κ1) is 26.4. The largest absolute Gasteiger partial charge is 0.486 e. The smallest absolute Gasteiger partial charge is 0.312 e. The molecule has 2 aliphatic carbocycles. The normalized spacial score (nSPS) is 17.7. The van der Waals surface area contributed by atoms with Crippen LogP contribution in [0.4, 0.5) is 0 Å². The van der Waals surface area contributed by atoms with E-state index in [1.165, 1.54) is 0 Å². The third-order valence-electron chi connectivity index (χ3n) is 7.94. The molecule has 2 fully saturated rings. The van der Waals surface area contributed by atoms with Crippen LogP contribution in [0.2, 0.25) is 0 Å². The number of Topliss-reactive ketones (excluding diaryl/α,β-unsaturated/α-hetero) is 1. The lowest BCUT2D eigenvalue weighted by molar-refractivity contribution is -0.152. The van der Waals surface area contributed by atoms with Crippen molar-refractivity contribution in [2.24, 2.45) is 10.8 Å². The van der Waals surface area contributed by atoms with E-state index in [4.69, 9.17) is 9.47 Å². The highest BCUT2D eigenvalue weighted by molar-refractivity contribution is 5.88. The zero-order valence-corrected chi connectivity index (χ0v) is 21.3. The summed E-state index contributed by atoms with van der Waals surface area (Å²) in [6.07, 6.45) is 10.5. The first-order valence-corrected chi connectivity index (χ1v) is 13.6. The standard InChI is InChI=1S/C31H40O5/c32-26(13-7-9-17-30(19-20-30)28(33)24-35-27-15-5-2-6-16-27)14-8-10-18-31(21-22-31)29(34)36-23-25-11-3-1-4-12-25/h1-6,11-12,15-16,26,32H,7-10,13-14,17-24H2. The topological polar surface area (TPSA) is 72.8 Å². The van der Waals surface area contributed by atoms with Crippen LogP contribution in [0.1, 0.15) is 82.6 Å². The van der Waals surface area contributed by atoms with Gasteiger partial charge in [-0.15, -0.1) is 0 Å². The minimum absolute atomic E-state index is 0.0652. The number of carbonyl (C=O) groups excluding carboxylic acids is 2. The van der Waals surface area contributed by atoms with E-state index < -0.39 is 0 Å². The van der Waals surface area contributed by atoms with Crippen molar-refractivity contribution in [3.8, 4) is 5.75 Å². The Morgan fingerprint density at radius 2 is 1.33 bits per heavy atom. The fraction of sp³-hybridized carbons (Fsp3) is 0.548. The van der Waals surface area contributed by atoms with E-state index in [0.717, 1.165) is 88.4 Å². The number of unbranched alkanes of at least 4 members (excludes halogenated alkanes) is 2. The van der Waals surface area contributed by atoms with Crippen molar-refractivity contribution in [3.63, 3.8) is 0 Å². The van der Waals surface area contributed by atoms with Crippen LogP contribution in [0.5, 0.6) is 5.75 Å². The lowest BCUT2D eigenvalue weighted by atomic mass is 9.92. The molecular formula is C31H40O5. The molecule has 2 aromatic rings. The predicted octanol–water partition coefficient (Wildman–Crippen LogP) is 6.42. The minimum atomic E-state index is -0.308. The van der Waals surface area contributed by atoms with Gasteiger partial charge in [-0.3, -0.25) is 9.59 Å². The number of aliphatic hydroxyl groups is 1. The summed E-state index contributed by atoms with van der Waals surface area (Å²) in [6.45, 7) is 0.487. The van der Waals surface area contributed by atoms with Crippen LogP contribution in [0, 0.1) is 10.8 Å². The summed E-state index contributed by atoms with van der Waals surface area (Å²) >= 11 is 0. The number of para-hydroxylation sites is 1. The summed E-state index contributed by atoms with van der Waals surface area (Å²) in [4.78, 5) is 25.2. The van der Waals surface area contributed by atoms with E-state index in [2.05, 4.69) is 0 Å². The van der Waals surface area contributed by atoms with Crippen LogP contribution in [-0.4, -0.2) is 29.6 Å². The lowest BCUT2D eigenvalue weighted by Gasteiger charge is -2.16. The highest BCUT2D eigenvalue weighted by Gasteiger charge is 2.50. The second-order valence-electron chi connectivity index (χ2n) is 10.8. The van der Waals surface area contributed by atoms with E-state index in [9.17, 15) is 14.7 Å². The number of hydrogen-bond donors (Lipinski definition) is 1. The van der Waals surface area contributed by atoms with Gasteiger partial charge in [0.2, 0.25) is 0 Å². The van der Waals surface area contributed by atoms with Crippen LogP contribution in [0.3, 0.4) is 0 Å². The Morgan fingerprint density at radius 3 is 1.92 bits per heavy atom. The average Bonchev–Trinajstić information content (AvgIpc) is 3.84. The number of benzene rings is 2. The molecule has 0 amide bonds. The molecule has 1 N–H and O–H groups in total. The van der Waals surface area contributed by atoms with Crippen LogP contribution >= 0.6 is 0 Å². The Bertz CT molecular complexity index is 883. The molecular weight excluding hydrogens is 452 g/mol. The number of esters is 1. The number of hydrogen-bond acceptors (Lipinski definition) is 5. The second-order valence-corrected chi connectivity index (χ2v) is 10.8. The maximum absolute atomic E-state index is 12.6. The minimum Gasteiger partial charge on any atom is -0.486 e. The van der Waals surface area contributed by atoms with Crippen molar-refractivity contribution in [2.45, 2.75) is 89.8 Å². The Morgan fingerprint density at radius 1 is 0.778 bits per heavy atom. The van der Waals surface area contributed by atoms with Crippen molar-refractivity contribution in [1.29, 1.82) is 0 Å². The lowest BCUT2D eigenvalue weighted by Crippen LogP contribution is -2.23. The molecule has 1 atom stereocenters. The summed E-state index contributed by atoms with van der Waals surface area (Å²) in [7, 11) is 0. The molecule has 2 aliphatic rings. The first-order valence-electron chi connectivity index (χ1n) is 13.6. The van der Waals surface area contributed by atoms with Gasteiger partial charge < -0.3 is 14.6 Å². The molecule has 0 heterocycles. The van der Waals surface area contributed by atoms with Crippen molar-refractivity contribution in [1.82, 2.24) is 0 Å². The fourth-order valence-electron chi connectivity index (χ4n) is 5.05. The molecule has 0 aromatic heterocycles.